The molecule has 0 aliphatic heterocycles. The van der Waals surface area contributed by atoms with Crippen LogP contribution in [-0.2, 0) is 6.54 Å². The van der Waals surface area contributed by atoms with Gasteiger partial charge in [-0.1, -0.05) is 34.1 Å². The van der Waals surface area contributed by atoms with Gasteiger partial charge in [0.2, 0.25) is 0 Å². The Kier molecular flexibility index (Phi) is 2.68. The van der Waals surface area contributed by atoms with Crippen molar-refractivity contribution < 1.29 is 0 Å². The number of hydrogen-bond acceptors (Lipinski definition) is 1. The van der Waals surface area contributed by atoms with E-state index in [1.54, 1.807) is 0 Å². The molecule has 0 aliphatic carbocycles. The fraction of sp³-hybridized carbons (Fsp3) is 0.182. The predicted octanol–water partition coefficient (Wildman–Crippen LogP) is 3.00. The standard InChI is InChI=1S/C11H11BrN2/c1-9-13-6-7-14(9)8-10-4-2-3-5-11(10)12/h2-7H,8H2,1H3. The first-order valence-electron chi connectivity index (χ1n) is 4.48. The molecular weight excluding hydrogens is 240 g/mol. The Bertz CT molecular complexity index is 434. The Labute approximate surface area is 91.7 Å². The van der Waals surface area contributed by atoms with Crippen LogP contribution >= 0.6 is 15.9 Å². The molecule has 2 aromatic rings. The van der Waals surface area contributed by atoms with Gasteiger partial charge in [0.25, 0.3) is 0 Å². The first kappa shape index (κ1) is 9.46. The third kappa shape index (κ3) is 1.87. The minimum atomic E-state index is 0.868. The lowest BCUT2D eigenvalue weighted by Gasteiger charge is -2.06. The van der Waals surface area contributed by atoms with E-state index in [0.717, 1.165) is 16.8 Å². The molecule has 0 spiro atoms. The highest BCUT2D eigenvalue weighted by Crippen LogP contribution is 2.17. The van der Waals surface area contributed by atoms with Crippen LogP contribution in [0.15, 0.2) is 41.1 Å². The topological polar surface area (TPSA) is 17.8 Å². The van der Waals surface area contributed by atoms with E-state index in [9.17, 15) is 0 Å². The van der Waals surface area contributed by atoms with Crippen molar-refractivity contribution in [2.45, 2.75) is 13.5 Å². The van der Waals surface area contributed by atoms with Crippen LogP contribution < -0.4 is 0 Å². The molecule has 2 nitrogen and oxygen atoms in total. The summed E-state index contributed by atoms with van der Waals surface area (Å²) in [5.41, 5.74) is 1.27. The van der Waals surface area contributed by atoms with E-state index in [4.69, 9.17) is 0 Å². The molecule has 0 bridgehead atoms. The van der Waals surface area contributed by atoms with Gasteiger partial charge >= 0.3 is 0 Å². The summed E-state index contributed by atoms with van der Waals surface area (Å²) in [6.07, 6.45) is 3.82. The maximum Gasteiger partial charge on any atom is 0.105 e. The summed E-state index contributed by atoms with van der Waals surface area (Å²) in [6, 6.07) is 8.24. The van der Waals surface area contributed by atoms with Gasteiger partial charge < -0.3 is 4.57 Å². The average Bonchev–Trinajstić information content (AvgIpc) is 2.56. The van der Waals surface area contributed by atoms with E-state index in [1.165, 1.54) is 5.56 Å². The molecule has 0 saturated heterocycles. The SMILES string of the molecule is Cc1nccn1Cc1ccccc1Br. The van der Waals surface area contributed by atoms with Gasteiger partial charge in [0, 0.05) is 23.4 Å². The van der Waals surface area contributed by atoms with Gasteiger partial charge in [-0.3, -0.25) is 0 Å². The molecule has 0 amide bonds. The zero-order chi connectivity index (χ0) is 9.97. The molecule has 1 aromatic heterocycles. The molecule has 3 heteroatoms. The van der Waals surface area contributed by atoms with Crippen molar-refractivity contribution in [3.05, 3.63) is 52.5 Å². The Morgan fingerprint density at radius 3 is 2.79 bits per heavy atom. The minimum Gasteiger partial charge on any atom is -0.331 e. The van der Waals surface area contributed by atoms with Crippen LogP contribution in [0.2, 0.25) is 0 Å². The summed E-state index contributed by atoms with van der Waals surface area (Å²) >= 11 is 3.53. The second kappa shape index (κ2) is 3.96. The van der Waals surface area contributed by atoms with Gasteiger partial charge in [0.05, 0.1) is 0 Å². The normalized spacial score (nSPS) is 10.4. The Hall–Kier alpha value is -1.09. The maximum absolute atomic E-state index is 4.19. The number of nitrogens with zero attached hydrogens (tertiary/aromatic N) is 2. The van der Waals surface area contributed by atoms with E-state index >= 15 is 0 Å². The number of aryl methyl sites for hydroxylation is 1. The first-order valence-corrected chi connectivity index (χ1v) is 5.28. The monoisotopic (exact) mass is 250 g/mol. The fourth-order valence-electron chi connectivity index (χ4n) is 1.38. The fourth-order valence-corrected chi connectivity index (χ4v) is 1.79. The number of aromatic nitrogens is 2. The third-order valence-electron chi connectivity index (χ3n) is 2.22. The Morgan fingerprint density at radius 1 is 1.36 bits per heavy atom. The lowest BCUT2D eigenvalue weighted by atomic mass is 10.2. The van der Waals surface area contributed by atoms with Crippen molar-refractivity contribution in [1.29, 1.82) is 0 Å². The summed E-state index contributed by atoms with van der Waals surface area (Å²) in [6.45, 7) is 2.88. The zero-order valence-corrected chi connectivity index (χ0v) is 9.53. The largest absolute Gasteiger partial charge is 0.331 e. The summed E-state index contributed by atoms with van der Waals surface area (Å²) in [5.74, 6) is 1.04. The van der Waals surface area contributed by atoms with Crippen molar-refractivity contribution in [3.8, 4) is 0 Å². The van der Waals surface area contributed by atoms with E-state index in [0.29, 0.717) is 0 Å². The van der Waals surface area contributed by atoms with Gasteiger partial charge in [-0.15, -0.1) is 0 Å². The van der Waals surface area contributed by atoms with Crippen LogP contribution in [0.3, 0.4) is 0 Å². The number of imidazole rings is 1. The van der Waals surface area contributed by atoms with Crippen LogP contribution in [0.1, 0.15) is 11.4 Å². The van der Waals surface area contributed by atoms with Crippen LogP contribution in [0.25, 0.3) is 0 Å². The molecule has 0 radical (unpaired) electrons. The number of benzene rings is 1. The molecule has 0 unspecified atom stereocenters. The Balaban J connectivity index is 2.28. The second-order valence-corrected chi connectivity index (χ2v) is 4.05. The molecule has 2 rings (SSSR count). The van der Waals surface area contributed by atoms with Crippen LogP contribution in [0.4, 0.5) is 0 Å². The summed E-state index contributed by atoms with van der Waals surface area (Å²) < 4.78 is 3.27. The minimum absolute atomic E-state index is 0.868. The molecule has 14 heavy (non-hydrogen) atoms. The molecule has 0 aliphatic rings. The van der Waals surface area contributed by atoms with Crippen molar-refractivity contribution in [1.82, 2.24) is 9.55 Å². The highest BCUT2D eigenvalue weighted by Gasteiger charge is 2.01. The van der Waals surface area contributed by atoms with Crippen molar-refractivity contribution >= 4 is 15.9 Å². The van der Waals surface area contributed by atoms with Gasteiger partial charge in [-0.2, -0.15) is 0 Å². The van der Waals surface area contributed by atoms with Gasteiger partial charge in [0.1, 0.15) is 5.82 Å². The Morgan fingerprint density at radius 2 is 2.14 bits per heavy atom. The number of halogens is 1. The summed E-state index contributed by atoms with van der Waals surface area (Å²) in [7, 11) is 0. The highest BCUT2D eigenvalue weighted by molar-refractivity contribution is 9.10. The van der Waals surface area contributed by atoms with Crippen LogP contribution in [0, 0.1) is 6.92 Å². The second-order valence-electron chi connectivity index (χ2n) is 3.19. The molecule has 1 aromatic carbocycles. The first-order chi connectivity index (χ1) is 6.77. The van der Waals surface area contributed by atoms with E-state index in [1.807, 2.05) is 31.5 Å². The van der Waals surface area contributed by atoms with Crippen molar-refractivity contribution in [2.24, 2.45) is 0 Å². The van der Waals surface area contributed by atoms with Gasteiger partial charge in [0.15, 0.2) is 0 Å². The van der Waals surface area contributed by atoms with Crippen LogP contribution in [-0.4, -0.2) is 9.55 Å². The van der Waals surface area contributed by atoms with Crippen molar-refractivity contribution in [2.75, 3.05) is 0 Å². The summed E-state index contributed by atoms with van der Waals surface area (Å²) in [5, 5.41) is 0. The summed E-state index contributed by atoms with van der Waals surface area (Å²) in [4.78, 5) is 4.19. The molecule has 0 fully saturated rings. The molecule has 0 atom stereocenters. The lowest BCUT2D eigenvalue weighted by molar-refractivity contribution is 0.759. The number of hydrogen-bond donors (Lipinski definition) is 0. The quantitative estimate of drug-likeness (QED) is 0.802. The van der Waals surface area contributed by atoms with E-state index in [2.05, 4.69) is 37.6 Å². The number of rotatable bonds is 2. The zero-order valence-electron chi connectivity index (χ0n) is 7.94. The lowest BCUT2D eigenvalue weighted by Crippen LogP contribution is -2.01. The maximum atomic E-state index is 4.19. The average molecular weight is 251 g/mol. The third-order valence-corrected chi connectivity index (χ3v) is 3.00. The highest BCUT2D eigenvalue weighted by atomic mass is 79.9. The van der Waals surface area contributed by atoms with Crippen LogP contribution in [0.5, 0.6) is 0 Å². The van der Waals surface area contributed by atoms with E-state index in [-0.39, 0.29) is 0 Å². The smallest absolute Gasteiger partial charge is 0.105 e. The van der Waals surface area contributed by atoms with E-state index < -0.39 is 0 Å². The van der Waals surface area contributed by atoms with Gasteiger partial charge in [-0.25, -0.2) is 4.98 Å². The molecular formula is C11H11BrN2. The molecule has 72 valence electrons. The molecule has 0 saturated carbocycles. The predicted molar refractivity (Wildman–Crippen MR) is 60.2 cm³/mol. The van der Waals surface area contributed by atoms with Crippen molar-refractivity contribution in [3.63, 3.8) is 0 Å². The molecule has 0 N–H and O–H groups in total. The van der Waals surface area contributed by atoms with Gasteiger partial charge in [-0.05, 0) is 18.6 Å². The molecule has 1 heterocycles.